The highest BCUT2D eigenvalue weighted by atomic mass is 32.1. The van der Waals surface area contributed by atoms with Gasteiger partial charge in [0.15, 0.2) is 0 Å². The van der Waals surface area contributed by atoms with Gasteiger partial charge in [-0.3, -0.25) is 5.10 Å². The standard InChI is InChI=1S/C10H14N4S/c1-7(10-6-12-8(2)15-10)11-5-9-3-4-13-14-9/h3-4,6-7,11H,5H2,1-2H3,(H,13,14). The van der Waals surface area contributed by atoms with E-state index in [1.54, 1.807) is 17.5 Å². The van der Waals surface area contributed by atoms with E-state index in [0.717, 1.165) is 17.2 Å². The largest absolute Gasteiger partial charge is 0.304 e. The van der Waals surface area contributed by atoms with Crippen LogP contribution in [0.5, 0.6) is 0 Å². The second-order valence-corrected chi connectivity index (χ2v) is 4.73. The summed E-state index contributed by atoms with van der Waals surface area (Å²) in [6.07, 6.45) is 3.70. The maximum absolute atomic E-state index is 4.24. The molecule has 0 aliphatic heterocycles. The first kappa shape index (κ1) is 10.3. The smallest absolute Gasteiger partial charge is 0.0897 e. The molecule has 2 heterocycles. The molecule has 0 aliphatic rings. The molecule has 0 aromatic carbocycles. The van der Waals surface area contributed by atoms with Gasteiger partial charge in [-0.25, -0.2) is 4.98 Å². The maximum Gasteiger partial charge on any atom is 0.0897 e. The van der Waals surface area contributed by atoms with E-state index < -0.39 is 0 Å². The number of hydrogen-bond acceptors (Lipinski definition) is 4. The lowest BCUT2D eigenvalue weighted by molar-refractivity contribution is 0.574. The Bertz CT molecular complexity index is 407. The summed E-state index contributed by atoms with van der Waals surface area (Å²) in [7, 11) is 0. The molecule has 1 atom stereocenters. The van der Waals surface area contributed by atoms with Crippen molar-refractivity contribution in [1.82, 2.24) is 20.5 Å². The Balaban J connectivity index is 1.90. The Morgan fingerprint density at radius 3 is 3.07 bits per heavy atom. The van der Waals surface area contributed by atoms with Crippen LogP contribution in [0.25, 0.3) is 0 Å². The summed E-state index contributed by atoms with van der Waals surface area (Å²) in [5, 5.41) is 11.4. The van der Waals surface area contributed by atoms with Gasteiger partial charge in [0.05, 0.1) is 5.01 Å². The Labute approximate surface area is 92.8 Å². The minimum Gasteiger partial charge on any atom is -0.304 e. The average Bonchev–Trinajstić information content (AvgIpc) is 2.84. The van der Waals surface area contributed by atoms with Crippen molar-refractivity contribution in [2.75, 3.05) is 0 Å². The number of rotatable bonds is 4. The molecule has 2 rings (SSSR count). The second kappa shape index (κ2) is 4.55. The number of hydrogen-bond donors (Lipinski definition) is 2. The Morgan fingerprint density at radius 2 is 2.47 bits per heavy atom. The average molecular weight is 222 g/mol. The molecule has 80 valence electrons. The summed E-state index contributed by atoms with van der Waals surface area (Å²) in [6.45, 7) is 4.97. The summed E-state index contributed by atoms with van der Waals surface area (Å²) >= 11 is 1.73. The molecule has 2 aromatic rings. The van der Waals surface area contributed by atoms with E-state index in [-0.39, 0.29) is 0 Å². The number of aromatic nitrogens is 3. The highest BCUT2D eigenvalue weighted by molar-refractivity contribution is 7.11. The van der Waals surface area contributed by atoms with E-state index in [4.69, 9.17) is 0 Å². The van der Waals surface area contributed by atoms with Crippen molar-refractivity contribution in [3.05, 3.63) is 34.0 Å². The van der Waals surface area contributed by atoms with Gasteiger partial charge in [-0.05, 0) is 19.9 Å². The van der Waals surface area contributed by atoms with Crippen LogP contribution in [0.1, 0.15) is 28.5 Å². The van der Waals surface area contributed by atoms with Gasteiger partial charge in [-0.2, -0.15) is 5.10 Å². The molecule has 2 N–H and O–H groups in total. The van der Waals surface area contributed by atoms with Crippen LogP contribution in [0.4, 0.5) is 0 Å². The zero-order valence-electron chi connectivity index (χ0n) is 8.82. The lowest BCUT2D eigenvalue weighted by Crippen LogP contribution is -2.17. The van der Waals surface area contributed by atoms with E-state index in [1.807, 2.05) is 19.2 Å². The van der Waals surface area contributed by atoms with Crippen LogP contribution in [0.3, 0.4) is 0 Å². The number of aromatic amines is 1. The third kappa shape index (κ3) is 2.64. The van der Waals surface area contributed by atoms with Crippen molar-refractivity contribution in [2.45, 2.75) is 26.4 Å². The van der Waals surface area contributed by atoms with Crippen molar-refractivity contribution in [3.63, 3.8) is 0 Å². The number of aryl methyl sites for hydroxylation is 1. The van der Waals surface area contributed by atoms with Crippen LogP contribution in [0, 0.1) is 6.92 Å². The molecule has 2 aromatic heterocycles. The molecular formula is C10H14N4S. The predicted molar refractivity (Wildman–Crippen MR) is 60.7 cm³/mol. The predicted octanol–water partition coefficient (Wildman–Crippen LogP) is 2.03. The van der Waals surface area contributed by atoms with Crippen molar-refractivity contribution in [3.8, 4) is 0 Å². The maximum atomic E-state index is 4.24. The highest BCUT2D eigenvalue weighted by Crippen LogP contribution is 2.19. The third-order valence-corrected chi connectivity index (χ3v) is 3.32. The van der Waals surface area contributed by atoms with E-state index in [0.29, 0.717) is 6.04 Å². The minimum absolute atomic E-state index is 0.333. The second-order valence-electron chi connectivity index (χ2n) is 3.47. The summed E-state index contributed by atoms with van der Waals surface area (Å²) in [4.78, 5) is 5.51. The first-order chi connectivity index (χ1) is 7.25. The number of thiazole rings is 1. The van der Waals surface area contributed by atoms with E-state index in [2.05, 4.69) is 27.4 Å². The molecule has 15 heavy (non-hydrogen) atoms. The van der Waals surface area contributed by atoms with Gasteiger partial charge in [-0.15, -0.1) is 11.3 Å². The fraction of sp³-hybridized carbons (Fsp3) is 0.400. The van der Waals surface area contributed by atoms with Crippen LogP contribution in [-0.4, -0.2) is 15.2 Å². The molecule has 0 radical (unpaired) electrons. The van der Waals surface area contributed by atoms with Gasteiger partial charge >= 0.3 is 0 Å². The Hall–Kier alpha value is -1.20. The summed E-state index contributed by atoms with van der Waals surface area (Å²) in [5.41, 5.74) is 1.10. The molecule has 5 heteroatoms. The fourth-order valence-electron chi connectivity index (χ4n) is 1.32. The van der Waals surface area contributed by atoms with Gasteiger partial charge in [0, 0.05) is 35.6 Å². The van der Waals surface area contributed by atoms with Crippen molar-refractivity contribution >= 4 is 11.3 Å². The van der Waals surface area contributed by atoms with E-state index in [1.165, 1.54) is 4.88 Å². The first-order valence-corrected chi connectivity index (χ1v) is 5.71. The van der Waals surface area contributed by atoms with Gasteiger partial charge in [-0.1, -0.05) is 0 Å². The molecule has 0 bridgehead atoms. The van der Waals surface area contributed by atoms with Gasteiger partial charge in [0.1, 0.15) is 0 Å². The molecule has 0 saturated heterocycles. The molecule has 4 nitrogen and oxygen atoms in total. The van der Waals surface area contributed by atoms with Crippen LogP contribution in [0.2, 0.25) is 0 Å². The monoisotopic (exact) mass is 222 g/mol. The summed E-state index contributed by atoms with van der Waals surface area (Å²) in [5.74, 6) is 0. The molecule has 1 unspecified atom stereocenters. The SMILES string of the molecule is Cc1ncc(C(C)NCc2ccn[nH]2)s1. The molecule has 0 amide bonds. The van der Waals surface area contributed by atoms with Gasteiger partial charge < -0.3 is 5.32 Å². The molecule has 0 spiro atoms. The minimum atomic E-state index is 0.333. The first-order valence-electron chi connectivity index (χ1n) is 4.89. The van der Waals surface area contributed by atoms with Crippen LogP contribution >= 0.6 is 11.3 Å². The van der Waals surface area contributed by atoms with Crippen molar-refractivity contribution in [1.29, 1.82) is 0 Å². The normalized spacial score (nSPS) is 12.9. The highest BCUT2D eigenvalue weighted by Gasteiger charge is 2.07. The Kier molecular flexibility index (Phi) is 3.13. The number of nitrogens with one attached hydrogen (secondary N) is 2. The lowest BCUT2D eigenvalue weighted by Gasteiger charge is -2.09. The molecular weight excluding hydrogens is 208 g/mol. The van der Waals surface area contributed by atoms with Gasteiger partial charge in [0.2, 0.25) is 0 Å². The van der Waals surface area contributed by atoms with Crippen molar-refractivity contribution in [2.24, 2.45) is 0 Å². The topological polar surface area (TPSA) is 53.6 Å². The zero-order chi connectivity index (χ0) is 10.7. The van der Waals surface area contributed by atoms with Crippen molar-refractivity contribution < 1.29 is 0 Å². The van der Waals surface area contributed by atoms with Crippen LogP contribution in [-0.2, 0) is 6.54 Å². The Morgan fingerprint density at radius 1 is 1.60 bits per heavy atom. The molecule has 0 aliphatic carbocycles. The summed E-state index contributed by atoms with van der Waals surface area (Å²) < 4.78 is 0. The zero-order valence-corrected chi connectivity index (χ0v) is 9.64. The quantitative estimate of drug-likeness (QED) is 0.832. The summed E-state index contributed by atoms with van der Waals surface area (Å²) in [6, 6.07) is 2.30. The van der Waals surface area contributed by atoms with Gasteiger partial charge in [0.25, 0.3) is 0 Å². The van der Waals surface area contributed by atoms with E-state index in [9.17, 15) is 0 Å². The lowest BCUT2D eigenvalue weighted by atomic mass is 10.3. The molecule has 0 saturated carbocycles. The van der Waals surface area contributed by atoms with Crippen LogP contribution < -0.4 is 5.32 Å². The van der Waals surface area contributed by atoms with Crippen LogP contribution in [0.15, 0.2) is 18.5 Å². The van der Waals surface area contributed by atoms with E-state index >= 15 is 0 Å². The number of nitrogens with zero attached hydrogens (tertiary/aromatic N) is 2. The number of H-pyrrole nitrogens is 1. The fourth-order valence-corrected chi connectivity index (χ4v) is 2.14. The molecule has 0 fully saturated rings. The third-order valence-electron chi connectivity index (χ3n) is 2.22.